The Morgan fingerprint density at radius 1 is 1.07 bits per heavy atom. The third-order valence-electron chi connectivity index (χ3n) is 5.61. The maximum atomic E-state index is 5.42. The van der Waals surface area contributed by atoms with Crippen LogP contribution in [0.2, 0.25) is 0 Å². The highest BCUT2D eigenvalue weighted by Crippen LogP contribution is 2.40. The first kappa shape index (κ1) is 16.7. The van der Waals surface area contributed by atoms with Crippen LogP contribution in [0.1, 0.15) is 11.1 Å². The van der Waals surface area contributed by atoms with E-state index in [2.05, 4.69) is 62.9 Å². The number of benzene rings is 2. The summed E-state index contributed by atoms with van der Waals surface area (Å²) in [6.45, 7) is 6.05. The van der Waals surface area contributed by atoms with Gasteiger partial charge in [-0.3, -0.25) is 10.00 Å². The summed E-state index contributed by atoms with van der Waals surface area (Å²) in [5, 5.41) is 10.2. The van der Waals surface area contributed by atoms with Crippen LogP contribution >= 0.6 is 0 Å². The molecule has 27 heavy (non-hydrogen) atoms. The normalized spacial score (nSPS) is 16.3. The van der Waals surface area contributed by atoms with Gasteiger partial charge in [0.05, 0.1) is 31.1 Å². The summed E-state index contributed by atoms with van der Waals surface area (Å²) in [7, 11) is 0. The van der Waals surface area contributed by atoms with Crippen molar-refractivity contribution in [1.29, 1.82) is 0 Å². The molecule has 138 valence electrons. The minimum absolute atomic E-state index is 0.869. The number of ether oxygens (including phenoxy) is 1. The minimum Gasteiger partial charge on any atom is -0.379 e. The van der Waals surface area contributed by atoms with Crippen LogP contribution in [0, 0.1) is 0 Å². The molecule has 1 aliphatic heterocycles. The van der Waals surface area contributed by atoms with Crippen molar-refractivity contribution in [2.24, 2.45) is 0 Å². The number of rotatable bonds is 5. The number of nitrogens with one attached hydrogen (secondary N) is 1. The minimum atomic E-state index is 0.869. The Hall–Kier alpha value is -2.47. The Morgan fingerprint density at radius 2 is 1.93 bits per heavy atom. The number of hydrogen-bond acceptors (Lipinski definition) is 3. The number of nitrogens with zero attached hydrogens (tertiary/aromatic N) is 2. The average Bonchev–Trinajstić information content (AvgIpc) is 3.28. The van der Waals surface area contributed by atoms with Crippen LogP contribution in [0.3, 0.4) is 0 Å². The molecule has 5 nitrogen and oxygen atoms in total. The average molecular weight is 361 g/mol. The molecule has 2 aliphatic rings. The van der Waals surface area contributed by atoms with E-state index >= 15 is 0 Å². The molecule has 2 aromatic carbocycles. The zero-order valence-corrected chi connectivity index (χ0v) is 15.4. The van der Waals surface area contributed by atoms with E-state index < -0.39 is 0 Å². The van der Waals surface area contributed by atoms with Gasteiger partial charge in [0, 0.05) is 48.8 Å². The molecule has 1 fully saturated rings. The summed E-state index contributed by atoms with van der Waals surface area (Å²) < 4.78 is 5.42. The van der Waals surface area contributed by atoms with E-state index in [4.69, 9.17) is 4.74 Å². The van der Waals surface area contributed by atoms with Crippen LogP contribution in [0.25, 0.3) is 22.5 Å². The Bertz CT molecular complexity index is 929. The van der Waals surface area contributed by atoms with Crippen LogP contribution in [0.4, 0.5) is 5.69 Å². The van der Waals surface area contributed by atoms with Crippen molar-refractivity contribution >= 4 is 5.69 Å². The summed E-state index contributed by atoms with van der Waals surface area (Å²) in [4.78, 5) is 2.48. The number of quaternary nitrogens is 1. The molecule has 2 heterocycles. The zero-order chi connectivity index (χ0) is 18.1. The van der Waals surface area contributed by atoms with Gasteiger partial charge in [0.25, 0.3) is 0 Å². The van der Waals surface area contributed by atoms with Gasteiger partial charge in [-0.1, -0.05) is 30.3 Å². The molecule has 3 N–H and O–H groups in total. The summed E-state index contributed by atoms with van der Waals surface area (Å²) in [5.74, 6) is 0. The smallest absolute Gasteiger partial charge is 0.129 e. The van der Waals surface area contributed by atoms with Gasteiger partial charge < -0.3 is 10.1 Å². The quantitative estimate of drug-likeness (QED) is 0.536. The summed E-state index contributed by atoms with van der Waals surface area (Å²) in [6, 6.07) is 17.3. The van der Waals surface area contributed by atoms with Gasteiger partial charge in [-0.15, -0.1) is 0 Å². The summed E-state index contributed by atoms with van der Waals surface area (Å²) in [5.41, 5.74) is 8.78. The van der Waals surface area contributed by atoms with E-state index in [-0.39, 0.29) is 0 Å². The number of aromatic amines is 1. The van der Waals surface area contributed by atoms with Crippen LogP contribution in [-0.4, -0.2) is 54.5 Å². The van der Waals surface area contributed by atoms with E-state index in [0.29, 0.717) is 0 Å². The molecule has 3 aromatic rings. The fourth-order valence-electron chi connectivity index (χ4n) is 4.15. The second kappa shape index (κ2) is 7.27. The van der Waals surface area contributed by atoms with Crippen LogP contribution in [-0.2, 0) is 11.2 Å². The summed E-state index contributed by atoms with van der Waals surface area (Å²) >= 11 is 0. The van der Waals surface area contributed by atoms with E-state index in [1.54, 1.807) is 0 Å². The lowest BCUT2D eigenvalue weighted by Crippen LogP contribution is -2.79. The third kappa shape index (κ3) is 3.30. The van der Waals surface area contributed by atoms with Gasteiger partial charge in [-0.2, -0.15) is 5.10 Å². The monoisotopic (exact) mass is 361 g/mol. The molecule has 5 rings (SSSR count). The molecule has 0 amide bonds. The Kier molecular flexibility index (Phi) is 4.49. The lowest BCUT2D eigenvalue weighted by molar-refractivity contribution is -0.571. The van der Waals surface area contributed by atoms with Gasteiger partial charge in [-0.05, 0) is 17.7 Å². The van der Waals surface area contributed by atoms with Crippen molar-refractivity contribution in [2.45, 2.75) is 6.42 Å². The van der Waals surface area contributed by atoms with Crippen LogP contribution in [0.5, 0.6) is 0 Å². The van der Waals surface area contributed by atoms with E-state index in [1.807, 2.05) is 6.07 Å². The van der Waals surface area contributed by atoms with Crippen molar-refractivity contribution < 1.29 is 10.1 Å². The van der Waals surface area contributed by atoms with Gasteiger partial charge in [0.2, 0.25) is 0 Å². The molecule has 5 heteroatoms. The molecule has 1 aromatic heterocycles. The molecule has 1 saturated heterocycles. The molecule has 0 radical (unpaired) electrons. The third-order valence-corrected chi connectivity index (χ3v) is 5.61. The standard InChI is InChI=1S/C22H24N4O/c1-2-4-16(5-3-1)21-20-15-17-14-18(6-7-19(17)22(20)25-24-21)23-8-9-26-10-12-27-13-11-26/h1-7,14,23H,8-13,15H2,(H,24,25)/p+1. The number of morpholine rings is 1. The SMILES string of the molecule is c1ccc(-c2n[nH]c3c2Cc2cc([NH2+]CCN4CCOCC4)ccc2-3)cc1. The highest BCUT2D eigenvalue weighted by molar-refractivity contribution is 5.81. The highest BCUT2D eigenvalue weighted by atomic mass is 16.5. The molecular weight excluding hydrogens is 336 g/mol. The molecule has 0 unspecified atom stereocenters. The van der Waals surface area contributed by atoms with E-state index in [0.717, 1.165) is 51.5 Å². The number of aromatic nitrogens is 2. The maximum Gasteiger partial charge on any atom is 0.129 e. The maximum absolute atomic E-state index is 5.42. The van der Waals surface area contributed by atoms with Crippen LogP contribution < -0.4 is 5.32 Å². The Labute approximate surface area is 159 Å². The number of hydrogen-bond donors (Lipinski definition) is 2. The Morgan fingerprint density at radius 3 is 2.78 bits per heavy atom. The van der Waals surface area contributed by atoms with Crippen molar-refractivity contribution in [3.05, 3.63) is 59.7 Å². The molecule has 0 spiro atoms. The molecule has 0 bridgehead atoms. The largest absolute Gasteiger partial charge is 0.379 e. The van der Waals surface area contributed by atoms with E-state index in [9.17, 15) is 0 Å². The van der Waals surface area contributed by atoms with Crippen molar-refractivity contribution in [3.63, 3.8) is 0 Å². The van der Waals surface area contributed by atoms with Gasteiger partial charge in [0.15, 0.2) is 0 Å². The van der Waals surface area contributed by atoms with Crippen LogP contribution in [0.15, 0.2) is 48.5 Å². The number of H-pyrrole nitrogens is 1. The first-order valence-corrected chi connectivity index (χ1v) is 9.78. The van der Waals surface area contributed by atoms with E-state index in [1.165, 1.54) is 33.6 Å². The Balaban J connectivity index is 1.29. The highest BCUT2D eigenvalue weighted by Gasteiger charge is 2.25. The predicted molar refractivity (Wildman–Crippen MR) is 106 cm³/mol. The predicted octanol–water partition coefficient (Wildman–Crippen LogP) is 2.17. The molecule has 1 aliphatic carbocycles. The lowest BCUT2D eigenvalue weighted by atomic mass is 10.1. The van der Waals surface area contributed by atoms with Crippen molar-refractivity contribution in [3.8, 4) is 22.5 Å². The molecule has 0 atom stereocenters. The molecular formula is C22H25N4O+. The fourth-order valence-corrected chi connectivity index (χ4v) is 4.15. The lowest BCUT2D eigenvalue weighted by Gasteiger charge is -2.25. The van der Waals surface area contributed by atoms with Crippen molar-refractivity contribution in [1.82, 2.24) is 15.1 Å². The first-order chi connectivity index (χ1) is 13.4. The first-order valence-electron chi connectivity index (χ1n) is 9.78. The van der Waals surface area contributed by atoms with Crippen molar-refractivity contribution in [2.75, 3.05) is 39.4 Å². The number of nitrogens with two attached hydrogens (primary N) is 1. The molecule has 0 saturated carbocycles. The summed E-state index contributed by atoms with van der Waals surface area (Å²) in [6.07, 6.45) is 0.955. The fraction of sp³-hybridized carbons (Fsp3) is 0.318. The van der Waals surface area contributed by atoms with Gasteiger partial charge in [-0.25, -0.2) is 0 Å². The second-order valence-corrected chi connectivity index (χ2v) is 7.33. The van der Waals surface area contributed by atoms with Gasteiger partial charge in [0.1, 0.15) is 5.69 Å². The topological polar surface area (TPSA) is 57.8 Å². The van der Waals surface area contributed by atoms with Gasteiger partial charge >= 0.3 is 0 Å². The number of fused-ring (bicyclic) bond motifs is 3. The second-order valence-electron chi connectivity index (χ2n) is 7.33. The zero-order valence-electron chi connectivity index (χ0n) is 15.4.